The molecule has 1 heterocycles. The number of carbonyl (C=O) groups excluding carboxylic acids is 1. The lowest BCUT2D eigenvalue weighted by molar-refractivity contribution is -0.116. The van der Waals surface area contributed by atoms with Gasteiger partial charge in [-0.15, -0.1) is 0 Å². The topological polar surface area (TPSA) is 124 Å². The summed E-state index contributed by atoms with van der Waals surface area (Å²) in [6.45, 7) is 9.43. The monoisotopic (exact) mass is 572 g/mol. The van der Waals surface area contributed by atoms with Gasteiger partial charge in [0.1, 0.15) is 11.7 Å². The number of aryl methyl sites for hydroxylation is 1. The number of hydrogen-bond donors (Lipinski definition) is 3. The lowest BCUT2D eigenvalue weighted by atomic mass is 10.1. The standard InChI is InChI=1S/C31H37FN8O2/c1-20-15-29(38-37-20)36-31(30(42-7)21(2)25(17-33)18-34-5)35-22(3)39(6)28-14-13-24(16-27(28)32)19-40(23(4)41)26-11-9-8-10-12-26/h8-18H,2,19,33H2,1,3-7H3,(H2,36,37,38)/b25-17+,31-30-,34-18?,35-22+. The smallest absolute Gasteiger partial charge is 0.224 e. The molecule has 3 rings (SSSR count). The van der Waals surface area contributed by atoms with Gasteiger partial charge in [-0.05, 0) is 43.7 Å². The van der Waals surface area contributed by atoms with Gasteiger partial charge < -0.3 is 25.6 Å². The number of methoxy groups -OCH3 is 1. The third kappa shape index (κ3) is 7.72. The number of ether oxygens (including phenoxy) is 1. The Morgan fingerprint density at radius 2 is 1.93 bits per heavy atom. The van der Waals surface area contributed by atoms with Crippen molar-refractivity contribution in [3.63, 3.8) is 0 Å². The lowest BCUT2D eigenvalue weighted by Crippen LogP contribution is -2.28. The number of nitrogens with one attached hydrogen (secondary N) is 2. The summed E-state index contributed by atoms with van der Waals surface area (Å²) in [7, 11) is 4.81. The van der Waals surface area contributed by atoms with Crippen LogP contribution in [0.2, 0.25) is 0 Å². The first-order valence-corrected chi connectivity index (χ1v) is 13.1. The molecule has 0 saturated heterocycles. The number of H-pyrrole nitrogens is 1. The van der Waals surface area contributed by atoms with Crippen LogP contribution in [0.5, 0.6) is 0 Å². The molecule has 0 fully saturated rings. The number of rotatable bonds is 11. The van der Waals surface area contributed by atoms with Crippen molar-refractivity contribution in [2.24, 2.45) is 15.7 Å². The Balaban J connectivity index is 1.97. The summed E-state index contributed by atoms with van der Waals surface area (Å²) in [5.74, 6) is 0.899. The molecule has 220 valence electrons. The SMILES string of the molecule is C=C(/C(C=NC)=C/N)/C(OC)=C(\N=C(/C)N(C)c1ccc(CN(C(C)=O)c2ccccc2)cc1F)Nc1cc(C)[nH]n1. The van der Waals surface area contributed by atoms with E-state index in [1.165, 1.54) is 26.3 Å². The molecule has 11 heteroatoms. The second kappa shape index (κ2) is 14.4. The fourth-order valence-electron chi connectivity index (χ4n) is 4.10. The molecule has 0 saturated carbocycles. The number of nitrogens with zero attached hydrogens (tertiary/aromatic N) is 5. The molecule has 0 radical (unpaired) electrons. The molecule has 0 unspecified atom stereocenters. The maximum Gasteiger partial charge on any atom is 0.224 e. The van der Waals surface area contributed by atoms with Crippen LogP contribution >= 0.6 is 0 Å². The Morgan fingerprint density at radius 3 is 2.48 bits per heavy atom. The van der Waals surface area contributed by atoms with E-state index >= 15 is 4.39 Å². The second-order valence-electron chi connectivity index (χ2n) is 9.38. The van der Waals surface area contributed by atoms with Gasteiger partial charge in [0, 0.05) is 62.0 Å². The van der Waals surface area contributed by atoms with Crippen molar-refractivity contribution in [1.82, 2.24) is 10.2 Å². The summed E-state index contributed by atoms with van der Waals surface area (Å²) in [5.41, 5.74) is 9.29. The third-order valence-electron chi connectivity index (χ3n) is 6.36. The van der Waals surface area contributed by atoms with Gasteiger partial charge in [0.15, 0.2) is 17.4 Å². The van der Waals surface area contributed by atoms with Gasteiger partial charge in [0.25, 0.3) is 0 Å². The number of halogens is 1. The predicted octanol–water partition coefficient (Wildman–Crippen LogP) is 5.29. The molecule has 0 aliphatic heterocycles. The zero-order valence-corrected chi connectivity index (χ0v) is 24.8. The van der Waals surface area contributed by atoms with Crippen molar-refractivity contribution < 1.29 is 13.9 Å². The Kier molecular flexibility index (Phi) is 10.8. The molecule has 4 N–H and O–H groups in total. The zero-order chi connectivity index (χ0) is 30.8. The van der Waals surface area contributed by atoms with E-state index in [1.807, 2.05) is 37.3 Å². The number of benzene rings is 2. The van der Waals surface area contributed by atoms with Crippen LogP contribution in [0, 0.1) is 12.7 Å². The summed E-state index contributed by atoms with van der Waals surface area (Å²) >= 11 is 0. The molecule has 10 nitrogen and oxygen atoms in total. The summed E-state index contributed by atoms with van der Waals surface area (Å²) in [6.07, 6.45) is 2.93. The van der Waals surface area contributed by atoms with E-state index in [4.69, 9.17) is 15.5 Å². The van der Waals surface area contributed by atoms with E-state index in [0.717, 1.165) is 11.4 Å². The molecule has 0 spiro atoms. The number of amidine groups is 1. The highest BCUT2D eigenvalue weighted by atomic mass is 19.1. The summed E-state index contributed by atoms with van der Waals surface area (Å²) in [5, 5.41) is 10.3. The third-order valence-corrected chi connectivity index (χ3v) is 6.36. The predicted molar refractivity (Wildman–Crippen MR) is 168 cm³/mol. The van der Waals surface area contributed by atoms with Crippen LogP contribution in [-0.4, -0.2) is 49.4 Å². The number of hydrogen-bond acceptors (Lipinski definition) is 7. The van der Waals surface area contributed by atoms with Crippen LogP contribution in [0.1, 0.15) is 25.1 Å². The maximum absolute atomic E-state index is 15.5. The molecular formula is C31H37FN8O2. The molecule has 0 bridgehead atoms. The first-order valence-electron chi connectivity index (χ1n) is 13.1. The van der Waals surface area contributed by atoms with Crippen LogP contribution < -0.4 is 20.9 Å². The maximum atomic E-state index is 15.5. The molecule has 1 aromatic heterocycles. The van der Waals surface area contributed by atoms with E-state index in [9.17, 15) is 4.79 Å². The second-order valence-corrected chi connectivity index (χ2v) is 9.38. The van der Waals surface area contributed by atoms with Crippen LogP contribution in [0.25, 0.3) is 0 Å². The Bertz CT molecular complexity index is 1540. The molecule has 0 atom stereocenters. The minimum Gasteiger partial charge on any atom is -0.492 e. The number of aromatic amines is 1. The molecule has 1 amide bonds. The van der Waals surface area contributed by atoms with Crippen LogP contribution in [0.4, 0.5) is 21.6 Å². The van der Waals surface area contributed by atoms with Crippen molar-refractivity contribution in [2.75, 3.05) is 36.3 Å². The first-order chi connectivity index (χ1) is 20.1. The molecular weight excluding hydrogens is 535 g/mol. The number of anilines is 3. The number of carbonyl (C=O) groups is 1. The number of amides is 1. The normalized spacial score (nSPS) is 12.6. The van der Waals surface area contributed by atoms with Crippen molar-refractivity contribution >= 4 is 35.2 Å². The molecule has 3 aromatic rings. The fraction of sp³-hybridized carbons (Fsp3) is 0.226. The largest absolute Gasteiger partial charge is 0.492 e. The highest BCUT2D eigenvalue weighted by molar-refractivity contribution is 5.96. The van der Waals surface area contributed by atoms with E-state index in [2.05, 4.69) is 27.1 Å². The van der Waals surface area contributed by atoms with Gasteiger partial charge in [0.05, 0.1) is 19.3 Å². The van der Waals surface area contributed by atoms with E-state index in [0.29, 0.717) is 39.8 Å². The number of para-hydroxylation sites is 1. The number of aromatic nitrogens is 2. The van der Waals surface area contributed by atoms with Crippen LogP contribution in [-0.2, 0) is 16.1 Å². The van der Waals surface area contributed by atoms with Gasteiger partial charge in [-0.2, -0.15) is 5.10 Å². The van der Waals surface area contributed by atoms with E-state index in [1.54, 1.807) is 55.2 Å². The molecule has 2 aromatic carbocycles. The first kappa shape index (κ1) is 31.3. The highest BCUT2D eigenvalue weighted by Crippen LogP contribution is 2.26. The number of nitrogens with two attached hydrogens (primary N) is 1. The van der Waals surface area contributed by atoms with Gasteiger partial charge in [-0.25, -0.2) is 9.38 Å². The number of aliphatic imine (C=N–C) groups is 2. The van der Waals surface area contributed by atoms with Crippen molar-refractivity contribution in [2.45, 2.75) is 27.3 Å². The van der Waals surface area contributed by atoms with Crippen molar-refractivity contribution in [1.29, 1.82) is 0 Å². The van der Waals surface area contributed by atoms with E-state index < -0.39 is 5.82 Å². The van der Waals surface area contributed by atoms with Crippen molar-refractivity contribution in [3.8, 4) is 0 Å². The summed E-state index contributed by atoms with van der Waals surface area (Å²) in [6, 6.07) is 15.9. The average Bonchev–Trinajstić information content (AvgIpc) is 3.38. The summed E-state index contributed by atoms with van der Waals surface area (Å²) < 4.78 is 21.2. The lowest BCUT2D eigenvalue weighted by Gasteiger charge is -2.23. The summed E-state index contributed by atoms with van der Waals surface area (Å²) in [4.78, 5) is 24.3. The molecule has 42 heavy (non-hydrogen) atoms. The molecule has 0 aliphatic rings. The Morgan fingerprint density at radius 1 is 1.21 bits per heavy atom. The average molecular weight is 573 g/mol. The molecule has 0 aliphatic carbocycles. The van der Waals surface area contributed by atoms with Gasteiger partial charge in [-0.3, -0.25) is 14.9 Å². The Hall–Kier alpha value is -5.19. The van der Waals surface area contributed by atoms with Crippen LogP contribution in [0.3, 0.4) is 0 Å². The van der Waals surface area contributed by atoms with Gasteiger partial charge >= 0.3 is 0 Å². The highest BCUT2D eigenvalue weighted by Gasteiger charge is 2.19. The van der Waals surface area contributed by atoms with Gasteiger partial charge in [-0.1, -0.05) is 30.8 Å². The zero-order valence-electron chi connectivity index (χ0n) is 24.8. The Labute approximate surface area is 245 Å². The fourth-order valence-corrected chi connectivity index (χ4v) is 4.10. The minimum atomic E-state index is -0.466. The van der Waals surface area contributed by atoms with Gasteiger partial charge in [0.2, 0.25) is 5.91 Å². The van der Waals surface area contributed by atoms with E-state index in [-0.39, 0.29) is 18.3 Å². The quantitative estimate of drug-likeness (QED) is 0.124. The minimum absolute atomic E-state index is 0.141. The van der Waals surface area contributed by atoms with Crippen molar-refractivity contribution in [3.05, 3.63) is 107 Å². The number of allylic oxidation sites excluding steroid dienone is 1. The van der Waals surface area contributed by atoms with Crippen LogP contribution in [0.15, 0.2) is 100 Å².